The van der Waals surface area contributed by atoms with Crippen LogP contribution in [0.15, 0.2) is 24.8 Å². The highest BCUT2D eigenvalue weighted by molar-refractivity contribution is 5.81. The van der Waals surface area contributed by atoms with Crippen LogP contribution in [-0.2, 0) is 18.4 Å². The second kappa shape index (κ2) is 7.79. The van der Waals surface area contributed by atoms with Gasteiger partial charge in [-0.25, -0.2) is 9.63 Å². The summed E-state index contributed by atoms with van der Waals surface area (Å²) in [5, 5.41) is 2.09. The molecule has 2 saturated carbocycles. The van der Waals surface area contributed by atoms with E-state index in [1.54, 1.807) is 13.4 Å². The van der Waals surface area contributed by atoms with Gasteiger partial charge in [0, 0.05) is 6.42 Å². The highest BCUT2D eigenvalue weighted by atomic mass is 16.7. The fraction of sp³-hybridized carbons (Fsp3) is 0.741. The lowest BCUT2D eigenvalue weighted by Crippen LogP contribution is -2.52. The number of allylic oxidation sites excluding steroid dienone is 1. The van der Waals surface area contributed by atoms with Crippen molar-refractivity contribution < 1.29 is 9.40 Å². The molecule has 5 atom stereocenters. The van der Waals surface area contributed by atoms with Gasteiger partial charge in [-0.15, -0.1) is 0 Å². The van der Waals surface area contributed by atoms with Crippen LogP contribution in [0.3, 0.4) is 0 Å². The van der Waals surface area contributed by atoms with Crippen LogP contribution >= 0.6 is 0 Å². The predicted molar refractivity (Wildman–Crippen MR) is 132 cm³/mol. The molecule has 0 unspecified atom stereocenters. The molecule has 0 bridgehead atoms. The zero-order valence-electron chi connectivity index (χ0n) is 21.5. The molecule has 2 aliphatic carbocycles. The summed E-state index contributed by atoms with van der Waals surface area (Å²) in [5.74, 6) is 2.34. The van der Waals surface area contributed by atoms with Crippen LogP contribution < -0.4 is 9.63 Å². The van der Waals surface area contributed by atoms with E-state index in [9.17, 15) is 0 Å². The second-order valence-electron chi connectivity index (χ2n) is 11.9. The molecule has 6 heteroatoms. The summed E-state index contributed by atoms with van der Waals surface area (Å²) in [6.45, 7) is 15.5. The van der Waals surface area contributed by atoms with Crippen molar-refractivity contribution in [3.05, 3.63) is 24.8 Å². The smallest absolute Gasteiger partial charge is 0.275 e. The molecule has 0 radical (unpaired) electrons. The van der Waals surface area contributed by atoms with Crippen molar-refractivity contribution in [3.8, 4) is 0 Å². The average molecular weight is 453 g/mol. The van der Waals surface area contributed by atoms with E-state index in [-0.39, 0.29) is 5.54 Å². The maximum Gasteiger partial charge on any atom is 0.307 e. The van der Waals surface area contributed by atoms with Gasteiger partial charge in [-0.2, -0.15) is 4.98 Å². The summed E-state index contributed by atoms with van der Waals surface area (Å²) in [6.07, 6.45) is 13.6. The lowest BCUT2D eigenvalue weighted by atomic mass is 9.46. The molecule has 0 aromatic carbocycles. The third kappa shape index (κ3) is 3.27. The molecule has 1 aliphatic heterocycles. The number of aryl methyl sites for hydroxylation is 2. The molecule has 2 fully saturated rings. The Kier molecular flexibility index (Phi) is 5.39. The third-order valence-electron chi connectivity index (χ3n) is 10.2. The van der Waals surface area contributed by atoms with Gasteiger partial charge in [-0.3, -0.25) is 9.40 Å². The molecule has 3 heterocycles. The van der Waals surface area contributed by atoms with Crippen molar-refractivity contribution in [1.29, 1.82) is 0 Å². The van der Waals surface area contributed by atoms with Crippen LogP contribution in [0.4, 0.5) is 5.82 Å². The van der Waals surface area contributed by atoms with Crippen molar-refractivity contribution in [2.24, 2.45) is 29.7 Å². The summed E-state index contributed by atoms with van der Waals surface area (Å²) < 4.78 is 4.38. The predicted octanol–water partition coefficient (Wildman–Crippen LogP) is 5.37. The first kappa shape index (κ1) is 22.8. The Balaban J connectivity index is 1.47. The van der Waals surface area contributed by atoms with Crippen molar-refractivity contribution in [2.45, 2.75) is 91.1 Å². The number of imidazole rings is 1. The van der Waals surface area contributed by atoms with Crippen molar-refractivity contribution in [2.75, 3.05) is 12.2 Å². The minimum atomic E-state index is -0.129. The summed E-state index contributed by atoms with van der Waals surface area (Å²) >= 11 is 0. The van der Waals surface area contributed by atoms with E-state index in [1.165, 1.54) is 44.1 Å². The van der Waals surface area contributed by atoms with Crippen molar-refractivity contribution in [1.82, 2.24) is 14.5 Å². The standard InChI is InChI=1S/C27H42N5O/c1-19-9-8-10-21-26(19,4)12-11-20(2)27(21,5)14-13-25(3)15-16-31-18-30(6)23-22(31)24(29-17-28-23)32(25)33-7/h17-18,20-21H,1,8-16H2,2-7H3/q+1/t20-,21+,25+,26+,27+/m1/s1. The summed E-state index contributed by atoms with van der Waals surface area (Å²) in [6, 6.07) is 0. The molecule has 2 aromatic rings. The van der Waals surface area contributed by atoms with Gasteiger partial charge in [0.15, 0.2) is 12.7 Å². The number of anilines is 1. The molecule has 5 rings (SSSR count). The van der Waals surface area contributed by atoms with E-state index in [0.29, 0.717) is 10.8 Å². The number of hydrogen-bond donors (Lipinski definition) is 0. The molecular weight excluding hydrogens is 410 g/mol. The maximum absolute atomic E-state index is 6.09. The number of hydrogen-bond acceptors (Lipinski definition) is 4. The van der Waals surface area contributed by atoms with Crippen LogP contribution in [0.25, 0.3) is 11.2 Å². The average Bonchev–Trinajstić information content (AvgIpc) is 3.06. The van der Waals surface area contributed by atoms with E-state index >= 15 is 0 Å². The van der Waals surface area contributed by atoms with Crippen LogP contribution in [0, 0.1) is 22.7 Å². The fourth-order valence-electron chi connectivity index (χ4n) is 7.69. The van der Waals surface area contributed by atoms with Crippen LogP contribution in [-0.4, -0.2) is 27.2 Å². The largest absolute Gasteiger partial charge is 0.307 e. The van der Waals surface area contributed by atoms with E-state index in [2.05, 4.69) is 59.8 Å². The van der Waals surface area contributed by atoms with Crippen molar-refractivity contribution in [3.63, 3.8) is 0 Å². The minimum Gasteiger partial charge on any atom is -0.275 e. The van der Waals surface area contributed by atoms with Gasteiger partial charge in [-0.05, 0) is 74.5 Å². The number of aromatic nitrogens is 4. The lowest BCUT2D eigenvalue weighted by Gasteiger charge is -2.59. The molecule has 0 saturated heterocycles. The van der Waals surface area contributed by atoms with E-state index in [0.717, 1.165) is 48.2 Å². The van der Waals surface area contributed by atoms with Gasteiger partial charge in [0.2, 0.25) is 11.3 Å². The Hall–Kier alpha value is -1.95. The first-order valence-electron chi connectivity index (χ1n) is 12.9. The second-order valence-corrected chi connectivity index (χ2v) is 11.9. The third-order valence-corrected chi connectivity index (χ3v) is 10.2. The fourth-order valence-corrected chi connectivity index (χ4v) is 7.69. The lowest BCUT2D eigenvalue weighted by molar-refractivity contribution is -0.647. The molecule has 0 amide bonds. The highest BCUT2D eigenvalue weighted by Crippen LogP contribution is 2.63. The molecule has 33 heavy (non-hydrogen) atoms. The SMILES string of the molecule is C=C1CCC[C@@H]2[C@@](C)(CC[C@@]3(C)CCn4c[n+](C)c5ncnc(c54)N3OC)[C@H](C)CC[C@@]12C. The summed E-state index contributed by atoms with van der Waals surface area (Å²) in [7, 11) is 3.84. The molecule has 0 spiro atoms. The first-order chi connectivity index (χ1) is 15.6. The minimum absolute atomic E-state index is 0.129. The monoisotopic (exact) mass is 452 g/mol. The van der Waals surface area contributed by atoms with Crippen LogP contribution in [0.5, 0.6) is 0 Å². The molecule has 2 aromatic heterocycles. The zero-order chi connectivity index (χ0) is 23.6. The van der Waals surface area contributed by atoms with Gasteiger partial charge >= 0.3 is 5.65 Å². The Bertz CT molecular complexity index is 1080. The van der Waals surface area contributed by atoms with Gasteiger partial charge < -0.3 is 0 Å². The molecular formula is C27H42N5O+. The topological polar surface area (TPSA) is 47.1 Å². The van der Waals surface area contributed by atoms with E-state index in [4.69, 9.17) is 9.82 Å². The number of rotatable bonds is 4. The Labute approximate surface area is 199 Å². The summed E-state index contributed by atoms with van der Waals surface area (Å²) in [5.41, 5.74) is 4.02. The van der Waals surface area contributed by atoms with Crippen LogP contribution in [0.2, 0.25) is 0 Å². The molecule has 3 aliphatic rings. The molecule has 0 N–H and O–H groups in total. The Morgan fingerprint density at radius 1 is 1.18 bits per heavy atom. The maximum atomic E-state index is 6.09. The van der Waals surface area contributed by atoms with E-state index < -0.39 is 0 Å². The number of hydroxylamine groups is 1. The molecule has 180 valence electrons. The quantitative estimate of drug-likeness (QED) is 0.462. The van der Waals surface area contributed by atoms with Gasteiger partial charge in [0.25, 0.3) is 0 Å². The zero-order valence-corrected chi connectivity index (χ0v) is 21.5. The van der Waals surface area contributed by atoms with Gasteiger partial charge in [0.1, 0.15) is 0 Å². The highest BCUT2D eigenvalue weighted by Gasteiger charge is 2.54. The first-order valence-corrected chi connectivity index (χ1v) is 12.9. The number of nitrogens with zero attached hydrogens (tertiary/aromatic N) is 5. The number of fused-ring (bicyclic) bond motifs is 1. The van der Waals surface area contributed by atoms with Gasteiger partial charge in [0.05, 0.1) is 26.2 Å². The van der Waals surface area contributed by atoms with Crippen LogP contribution in [0.1, 0.15) is 79.1 Å². The normalized spacial score (nSPS) is 36.7. The van der Waals surface area contributed by atoms with E-state index in [1.807, 2.05) is 7.05 Å². The molecule has 6 nitrogen and oxygen atoms in total. The Morgan fingerprint density at radius 3 is 2.73 bits per heavy atom. The Morgan fingerprint density at radius 2 is 1.97 bits per heavy atom. The van der Waals surface area contributed by atoms with Crippen molar-refractivity contribution >= 4 is 17.0 Å². The summed E-state index contributed by atoms with van der Waals surface area (Å²) in [4.78, 5) is 15.4. The van der Waals surface area contributed by atoms with Gasteiger partial charge in [-0.1, -0.05) is 37.9 Å².